The van der Waals surface area contributed by atoms with Gasteiger partial charge in [-0.15, -0.1) is 0 Å². The predicted molar refractivity (Wildman–Crippen MR) is 156 cm³/mol. The summed E-state index contributed by atoms with van der Waals surface area (Å²) in [5.41, 5.74) is -2.71. The summed E-state index contributed by atoms with van der Waals surface area (Å²) in [5.74, 6) is -2.38. The Morgan fingerprint density at radius 2 is 1.81 bits per heavy atom. The van der Waals surface area contributed by atoms with Gasteiger partial charge < -0.3 is 24.8 Å². The minimum atomic E-state index is -3.13. The fraction of sp³-hybridized carbons (Fsp3) is 0.433. The molecule has 2 fully saturated rings. The third kappa shape index (κ3) is 6.23. The molecule has 9 nitrogen and oxygen atoms in total. The molecule has 1 aromatic carbocycles. The highest BCUT2D eigenvalue weighted by atomic mass is 19.3. The zero-order chi connectivity index (χ0) is 31.0. The van der Waals surface area contributed by atoms with E-state index >= 15 is 8.78 Å². The molecular weight excluding hydrogens is 568 g/mol. The summed E-state index contributed by atoms with van der Waals surface area (Å²) < 4.78 is 65.3. The van der Waals surface area contributed by atoms with Crippen LogP contribution in [0.15, 0.2) is 41.5 Å². The standard InChI is InChI=1S/C30H34F4N6O3/c1-16-13-40(14-17(2)38(16)4)23-10-22(31)26(19-5-6-24(35-11-19)39-7-8-43-18(3)15-39)27(32)28(23)37-30(42)21-12-36-25(41)9-20(21)29(33)34/h5-6,9-12,16-18,29H,7-8,13-15H2,1-4H3,(H,36,41)(H,37,42)/t16-,17+,18?. The highest BCUT2D eigenvalue weighted by Gasteiger charge is 2.32. The average Bonchev–Trinajstić information content (AvgIpc) is 2.97. The molecule has 0 radical (unpaired) electrons. The first kappa shape index (κ1) is 30.5. The van der Waals surface area contributed by atoms with Crippen molar-refractivity contribution in [3.63, 3.8) is 0 Å². The summed E-state index contributed by atoms with van der Waals surface area (Å²) in [7, 11) is 1.95. The maximum absolute atomic E-state index is 16.5. The summed E-state index contributed by atoms with van der Waals surface area (Å²) in [6.07, 6.45) is -0.901. The summed E-state index contributed by atoms with van der Waals surface area (Å²) in [6, 6.07) is 5.02. The molecule has 230 valence electrons. The quantitative estimate of drug-likeness (QED) is 0.397. The van der Waals surface area contributed by atoms with E-state index in [0.717, 1.165) is 12.3 Å². The lowest BCUT2D eigenvalue weighted by Crippen LogP contribution is -2.55. The van der Waals surface area contributed by atoms with E-state index in [0.29, 0.717) is 44.7 Å². The molecule has 2 aromatic heterocycles. The third-order valence-corrected chi connectivity index (χ3v) is 8.17. The van der Waals surface area contributed by atoms with Gasteiger partial charge in [-0.25, -0.2) is 22.5 Å². The third-order valence-electron chi connectivity index (χ3n) is 8.17. The number of piperazine rings is 1. The molecule has 13 heteroatoms. The first-order valence-corrected chi connectivity index (χ1v) is 14.1. The van der Waals surface area contributed by atoms with Gasteiger partial charge >= 0.3 is 0 Å². The Labute approximate surface area is 246 Å². The van der Waals surface area contributed by atoms with Crippen LogP contribution in [0.2, 0.25) is 0 Å². The fourth-order valence-electron chi connectivity index (χ4n) is 5.63. The summed E-state index contributed by atoms with van der Waals surface area (Å²) >= 11 is 0. The number of benzene rings is 1. The van der Waals surface area contributed by atoms with Crippen molar-refractivity contribution in [3.8, 4) is 11.1 Å². The molecule has 5 rings (SSSR count). The van der Waals surface area contributed by atoms with Gasteiger partial charge in [0.25, 0.3) is 12.3 Å². The van der Waals surface area contributed by atoms with E-state index in [1.807, 2.05) is 32.7 Å². The maximum Gasteiger partial charge on any atom is 0.264 e. The first-order chi connectivity index (χ1) is 20.4. The number of halogens is 4. The summed E-state index contributed by atoms with van der Waals surface area (Å²) in [4.78, 5) is 37.5. The number of hydrogen-bond donors (Lipinski definition) is 2. The van der Waals surface area contributed by atoms with Crippen LogP contribution in [-0.2, 0) is 4.74 Å². The number of anilines is 3. The predicted octanol–water partition coefficient (Wildman–Crippen LogP) is 4.66. The van der Waals surface area contributed by atoms with Crippen LogP contribution in [0, 0.1) is 11.6 Å². The van der Waals surface area contributed by atoms with E-state index in [9.17, 15) is 18.4 Å². The fourth-order valence-corrected chi connectivity index (χ4v) is 5.63. The maximum atomic E-state index is 16.5. The molecule has 0 saturated carbocycles. The van der Waals surface area contributed by atoms with E-state index in [-0.39, 0.29) is 35.1 Å². The minimum absolute atomic E-state index is 0.0110. The molecular formula is C30H34F4N6O3. The Bertz CT molecular complexity index is 1540. The number of ether oxygens (including phenoxy) is 1. The Morgan fingerprint density at radius 1 is 1.09 bits per heavy atom. The van der Waals surface area contributed by atoms with Crippen molar-refractivity contribution in [1.82, 2.24) is 14.9 Å². The normalized spacial score (nSPS) is 21.4. The minimum Gasteiger partial charge on any atom is -0.375 e. The second-order valence-electron chi connectivity index (χ2n) is 11.2. The smallest absolute Gasteiger partial charge is 0.264 e. The zero-order valence-corrected chi connectivity index (χ0v) is 24.3. The monoisotopic (exact) mass is 602 g/mol. The Hall–Kier alpha value is -3.97. The van der Waals surface area contributed by atoms with Gasteiger partial charge in [0.2, 0.25) is 5.56 Å². The number of amides is 1. The van der Waals surface area contributed by atoms with Crippen LogP contribution in [0.5, 0.6) is 0 Å². The molecule has 0 bridgehead atoms. The van der Waals surface area contributed by atoms with Crippen LogP contribution in [0.25, 0.3) is 11.1 Å². The number of rotatable bonds is 6. The molecule has 1 unspecified atom stereocenters. The van der Waals surface area contributed by atoms with E-state index in [1.54, 1.807) is 17.0 Å². The van der Waals surface area contributed by atoms with Crippen LogP contribution >= 0.6 is 0 Å². The van der Waals surface area contributed by atoms with Crippen molar-refractivity contribution in [2.75, 3.05) is 55.0 Å². The van der Waals surface area contributed by atoms with Gasteiger partial charge in [0.1, 0.15) is 17.3 Å². The van der Waals surface area contributed by atoms with Gasteiger partial charge in [-0.1, -0.05) is 0 Å². The number of H-pyrrole nitrogens is 1. The van der Waals surface area contributed by atoms with E-state index < -0.39 is 46.2 Å². The number of hydrogen-bond acceptors (Lipinski definition) is 7. The van der Waals surface area contributed by atoms with E-state index in [1.165, 1.54) is 6.20 Å². The van der Waals surface area contributed by atoms with Crippen LogP contribution in [0.1, 0.15) is 43.1 Å². The Balaban J connectivity index is 1.57. The molecule has 0 spiro atoms. The number of carbonyl (C=O) groups is 1. The first-order valence-electron chi connectivity index (χ1n) is 14.1. The number of morpholine rings is 1. The highest BCUT2D eigenvalue weighted by Crippen LogP contribution is 2.40. The molecule has 2 N–H and O–H groups in total. The lowest BCUT2D eigenvalue weighted by molar-refractivity contribution is 0.0529. The average molecular weight is 603 g/mol. The lowest BCUT2D eigenvalue weighted by atomic mass is 10.0. The van der Waals surface area contributed by atoms with Gasteiger partial charge in [0.05, 0.1) is 29.5 Å². The van der Waals surface area contributed by atoms with Crippen molar-refractivity contribution in [2.45, 2.75) is 45.4 Å². The second kappa shape index (κ2) is 12.3. The van der Waals surface area contributed by atoms with Crippen LogP contribution < -0.4 is 20.7 Å². The van der Waals surface area contributed by atoms with Crippen molar-refractivity contribution in [1.29, 1.82) is 0 Å². The number of carbonyl (C=O) groups excluding carboxylic acids is 1. The van der Waals surface area contributed by atoms with Gasteiger partial charge in [-0.05, 0) is 40.0 Å². The van der Waals surface area contributed by atoms with Gasteiger partial charge in [-0.3, -0.25) is 14.5 Å². The Kier molecular flexibility index (Phi) is 8.74. The summed E-state index contributed by atoms with van der Waals surface area (Å²) in [5, 5.41) is 2.42. The number of nitrogens with zero attached hydrogens (tertiary/aromatic N) is 4. The SMILES string of the molecule is CC1CN(c2ccc(-c3c(F)cc(N4C[C@@H](C)N(C)[C@@H](C)C4)c(NC(=O)c4c[nH]c(=O)cc4C(F)F)c3F)cn2)CCO1. The van der Waals surface area contributed by atoms with E-state index in [4.69, 9.17) is 4.74 Å². The van der Waals surface area contributed by atoms with Crippen LogP contribution in [-0.4, -0.2) is 78.8 Å². The van der Waals surface area contributed by atoms with Crippen molar-refractivity contribution < 1.29 is 27.1 Å². The number of aromatic nitrogens is 2. The topological polar surface area (TPSA) is 93.8 Å². The molecule has 3 aromatic rings. The highest BCUT2D eigenvalue weighted by molar-refractivity contribution is 6.07. The lowest BCUT2D eigenvalue weighted by Gasteiger charge is -2.44. The largest absolute Gasteiger partial charge is 0.375 e. The Morgan fingerprint density at radius 3 is 2.44 bits per heavy atom. The van der Waals surface area contributed by atoms with E-state index in [2.05, 4.69) is 20.2 Å². The van der Waals surface area contributed by atoms with Crippen LogP contribution in [0.4, 0.5) is 34.8 Å². The molecule has 4 heterocycles. The number of pyridine rings is 2. The molecule has 3 atom stereocenters. The molecule has 2 aliphatic rings. The number of aromatic amines is 1. The number of alkyl halides is 2. The second-order valence-corrected chi connectivity index (χ2v) is 11.2. The molecule has 2 aliphatic heterocycles. The van der Waals surface area contributed by atoms with Gasteiger partial charge in [0, 0.05) is 73.9 Å². The van der Waals surface area contributed by atoms with Gasteiger partial charge in [-0.2, -0.15) is 0 Å². The molecule has 1 amide bonds. The summed E-state index contributed by atoms with van der Waals surface area (Å²) in [6.45, 7) is 8.46. The van der Waals surface area contributed by atoms with Crippen molar-refractivity contribution >= 4 is 23.1 Å². The molecule has 0 aliphatic carbocycles. The number of likely N-dealkylation sites (N-methyl/N-ethyl adjacent to an activating group) is 1. The van der Waals surface area contributed by atoms with Gasteiger partial charge in [0.15, 0.2) is 5.82 Å². The molecule has 2 saturated heterocycles. The van der Waals surface area contributed by atoms with Crippen molar-refractivity contribution in [3.05, 3.63) is 69.8 Å². The number of nitrogens with one attached hydrogen (secondary N) is 2. The zero-order valence-electron chi connectivity index (χ0n) is 24.3. The molecule has 43 heavy (non-hydrogen) atoms. The van der Waals surface area contributed by atoms with Crippen LogP contribution in [0.3, 0.4) is 0 Å². The van der Waals surface area contributed by atoms with Crippen molar-refractivity contribution in [2.24, 2.45) is 0 Å².